The van der Waals surface area contributed by atoms with Crippen molar-refractivity contribution in [3.05, 3.63) is 11.9 Å². The van der Waals surface area contributed by atoms with Gasteiger partial charge < -0.3 is 5.73 Å². The van der Waals surface area contributed by atoms with Crippen LogP contribution in [0.25, 0.3) is 0 Å². The summed E-state index contributed by atoms with van der Waals surface area (Å²) >= 11 is 0. The second-order valence-electron chi connectivity index (χ2n) is 5.61. The van der Waals surface area contributed by atoms with E-state index in [9.17, 15) is 0 Å². The fraction of sp³-hybridized carbons (Fsp3) is 0.818. The van der Waals surface area contributed by atoms with Crippen LogP contribution in [0.4, 0.5) is 0 Å². The van der Waals surface area contributed by atoms with E-state index in [1.54, 1.807) is 0 Å². The molecule has 5 nitrogen and oxygen atoms in total. The molecule has 2 heterocycles. The van der Waals surface area contributed by atoms with Crippen molar-refractivity contribution in [3.8, 4) is 0 Å². The summed E-state index contributed by atoms with van der Waals surface area (Å²) in [5.74, 6) is 0. The Morgan fingerprint density at radius 2 is 2.18 bits per heavy atom. The van der Waals surface area contributed by atoms with Gasteiger partial charge >= 0.3 is 0 Å². The maximum atomic E-state index is 5.87. The molecule has 1 aliphatic rings. The van der Waals surface area contributed by atoms with E-state index in [1.807, 2.05) is 10.9 Å². The van der Waals surface area contributed by atoms with E-state index in [4.69, 9.17) is 5.73 Å². The second kappa shape index (κ2) is 5.33. The highest BCUT2D eigenvalue weighted by Gasteiger charge is 2.21. The lowest BCUT2D eigenvalue weighted by molar-refractivity contribution is 0.322. The molecule has 98 valence electrons. The number of nitrogens with two attached hydrogens (primary N) is 1. The summed E-state index contributed by atoms with van der Waals surface area (Å²) < 4.78 is 1.92. The summed E-state index contributed by atoms with van der Waals surface area (Å²) in [6, 6.07) is 0.331. The number of hydrogen-bond acceptors (Lipinski definition) is 4. The van der Waals surface area contributed by atoms with Crippen LogP contribution in [0.5, 0.6) is 0 Å². The standard InChI is InChI=1S/C11H21N5.ClH/c1-11(2,3)16-8-10(13-14-16)7-15-5-4-9(12)6-15;/h8-9H,4-7,12H2,1-3H3;1H. The monoisotopic (exact) mass is 259 g/mol. The fourth-order valence-electron chi connectivity index (χ4n) is 1.93. The Kier molecular flexibility index (Phi) is 4.52. The molecular weight excluding hydrogens is 238 g/mol. The molecule has 0 radical (unpaired) electrons. The van der Waals surface area contributed by atoms with Gasteiger partial charge in [0.2, 0.25) is 0 Å². The van der Waals surface area contributed by atoms with Crippen LogP contribution in [0.15, 0.2) is 6.20 Å². The summed E-state index contributed by atoms with van der Waals surface area (Å²) in [7, 11) is 0. The van der Waals surface area contributed by atoms with E-state index >= 15 is 0 Å². The van der Waals surface area contributed by atoms with Gasteiger partial charge in [0.15, 0.2) is 0 Å². The summed E-state index contributed by atoms with van der Waals surface area (Å²) in [6.07, 6.45) is 3.12. The van der Waals surface area contributed by atoms with Gasteiger partial charge in [-0.05, 0) is 27.2 Å². The van der Waals surface area contributed by atoms with Crippen LogP contribution in [-0.4, -0.2) is 39.0 Å². The Morgan fingerprint density at radius 1 is 1.47 bits per heavy atom. The van der Waals surface area contributed by atoms with Gasteiger partial charge in [0.1, 0.15) is 0 Å². The number of aromatic nitrogens is 3. The van der Waals surface area contributed by atoms with E-state index in [-0.39, 0.29) is 17.9 Å². The van der Waals surface area contributed by atoms with Gasteiger partial charge in [-0.15, -0.1) is 17.5 Å². The van der Waals surface area contributed by atoms with E-state index in [1.165, 1.54) is 0 Å². The predicted octanol–water partition coefficient (Wildman–Crippen LogP) is 0.988. The summed E-state index contributed by atoms with van der Waals surface area (Å²) in [4.78, 5) is 2.34. The van der Waals surface area contributed by atoms with Crippen LogP contribution in [0.1, 0.15) is 32.9 Å². The minimum absolute atomic E-state index is 0. The first-order valence-corrected chi connectivity index (χ1v) is 5.85. The van der Waals surface area contributed by atoms with Gasteiger partial charge in [-0.25, -0.2) is 4.68 Å². The van der Waals surface area contributed by atoms with Crippen LogP contribution in [-0.2, 0) is 12.1 Å². The highest BCUT2D eigenvalue weighted by atomic mass is 35.5. The molecule has 2 rings (SSSR count). The van der Waals surface area contributed by atoms with Crippen molar-refractivity contribution in [3.63, 3.8) is 0 Å². The minimum Gasteiger partial charge on any atom is -0.326 e. The van der Waals surface area contributed by atoms with Crippen LogP contribution in [0, 0.1) is 0 Å². The fourth-order valence-corrected chi connectivity index (χ4v) is 1.93. The average Bonchev–Trinajstić information content (AvgIpc) is 2.74. The van der Waals surface area contributed by atoms with Crippen LogP contribution in [0.3, 0.4) is 0 Å². The van der Waals surface area contributed by atoms with Gasteiger partial charge in [-0.2, -0.15) is 0 Å². The smallest absolute Gasteiger partial charge is 0.0967 e. The van der Waals surface area contributed by atoms with E-state index in [2.05, 4.69) is 36.0 Å². The first-order valence-electron chi connectivity index (χ1n) is 5.85. The Labute approximate surface area is 109 Å². The zero-order valence-corrected chi connectivity index (χ0v) is 11.6. The van der Waals surface area contributed by atoms with Crippen LogP contribution >= 0.6 is 12.4 Å². The third kappa shape index (κ3) is 3.66. The summed E-state index contributed by atoms with van der Waals surface area (Å²) in [5, 5.41) is 8.36. The number of hydrogen-bond donors (Lipinski definition) is 1. The Bertz CT molecular complexity index is 357. The molecule has 0 aliphatic carbocycles. The maximum Gasteiger partial charge on any atom is 0.0967 e. The van der Waals surface area contributed by atoms with Crippen molar-refractivity contribution >= 4 is 12.4 Å². The third-order valence-electron chi connectivity index (χ3n) is 2.92. The minimum atomic E-state index is 0. The molecule has 1 fully saturated rings. The molecule has 0 saturated carbocycles. The van der Waals surface area contributed by atoms with Gasteiger partial charge in [0.25, 0.3) is 0 Å². The van der Waals surface area contributed by atoms with Gasteiger partial charge in [0.05, 0.1) is 17.4 Å². The molecule has 0 spiro atoms. The second-order valence-corrected chi connectivity index (χ2v) is 5.61. The van der Waals surface area contributed by atoms with Crippen LogP contribution in [0.2, 0.25) is 0 Å². The zero-order valence-electron chi connectivity index (χ0n) is 10.8. The molecule has 1 aromatic rings. The van der Waals surface area contributed by atoms with Crippen molar-refractivity contribution in [2.45, 2.75) is 45.3 Å². The van der Waals surface area contributed by atoms with Gasteiger partial charge in [0, 0.05) is 25.7 Å². The lowest BCUT2D eigenvalue weighted by atomic mass is 10.1. The Hall–Kier alpha value is -0.650. The quantitative estimate of drug-likeness (QED) is 0.861. The van der Waals surface area contributed by atoms with Crippen molar-refractivity contribution in [2.24, 2.45) is 5.73 Å². The Morgan fingerprint density at radius 3 is 2.65 bits per heavy atom. The molecule has 17 heavy (non-hydrogen) atoms. The van der Waals surface area contributed by atoms with E-state index in [0.29, 0.717) is 6.04 Å². The van der Waals surface area contributed by atoms with Crippen molar-refractivity contribution in [2.75, 3.05) is 13.1 Å². The number of halogens is 1. The van der Waals surface area contributed by atoms with Crippen LogP contribution < -0.4 is 5.73 Å². The highest BCUT2D eigenvalue weighted by Crippen LogP contribution is 2.14. The molecule has 0 amide bonds. The van der Waals surface area contributed by atoms with Gasteiger partial charge in [-0.3, -0.25) is 4.90 Å². The predicted molar refractivity (Wildman–Crippen MR) is 70.1 cm³/mol. The molecule has 0 aromatic carbocycles. The average molecular weight is 260 g/mol. The van der Waals surface area contributed by atoms with Crippen molar-refractivity contribution in [1.82, 2.24) is 19.9 Å². The SMILES string of the molecule is CC(C)(C)n1cc(CN2CCC(N)C2)nn1.Cl. The number of likely N-dealkylation sites (tertiary alicyclic amines) is 1. The molecule has 1 unspecified atom stereocenters. The first kappa shape index (κ1) is 14.4. The Balaban J connectivity index is 0.00000144. The highest BCUT2D eigenvalue weighted by molar-refractivity contribution is 5.85. The lowest BCUT2D eigenvalue weighted by Gasteiger charge is -2.17. The topological polar surface area (TPSA) is 60.0 Å². The van der Waals surface area contributed by atoms with E-state index < -0.39 is 0 Å². The molecule has 1 aliphatic heterocycles. The number of rotatable bonds is 2. The third-order valence-corrected chi connectivity index (χ3v) is 2.92. The largest absolute Gasteiger partial charge is 0.326 e. The van der Waals surface area contributed by atoms with Gasteiger partial charge in [-0.1, -0.05) is 5.21 Å². The molecule has 6 heteroatoms. The molecular formula is C11H22ClN5. The summed E-state index contributed by atoms with van der Waals surface area (Å²) in [5.41, 5.74) is 6.91. The van der Waals surface area contributed by atoms with Crippen molar-refractivity contribution in [1.29, 1.82) is 0 Å². The molecule has 1 aromatic heterocycles. The molecule has 2 N–H and O–H groups in total. The molecule has 0 bridgehead atoms. The molecule has 1 atom stereocenters. The van der Waals surface area contributed by atoms with Crippen molar-refractivity contribution < 1.29 is 0 Å². The zero-order chi connectivity index (χ0) is 11.8. The summed E-state index contributed by atoms with van der Waals surface area (Å²) in [6.45, 7) is 9.28. The van der Waals surface area contributed by atoms with E-state index in [0.717, 1.165) is 31.7 Å². The normalized spacial score (nSPS) is 21.5. The maximum absolute atomic E-state index is 5.87. The first-order chi connectivity index (χ1) is 7.45. The lowest BCUT2D eigenvalue weighted by Crippen LogP contribution is -2.26. The molecule has 1 saturated heterocycles. The number of nitrogens with zero attached hydrogens (tertiary/aromatic N) is 4.